The van der Waals surface area contributed by atoms with Crippen molar-refractivity contribution in [2.75, 3.05) is 7.11 Å². The van der Waals surface area contributed by atoms with Crippen molar-refractivity contribution in [3.05, 3.63) is 95.1 Å². The van der Waals surface area contributed by atoms with Crippen molar-refractivity contribution >= 4 is 11.9 Å². The zero-order valence-electron chi connectivity index (χ0n) is 23.1. The van der Waals surface area contributed by atoms with Crippen molar-refractivity contribution in [1.29, 1.82) is 0 Å². The summed E-state index contributed by atoms with van der Waals surface area (Å²) in [6.07, 6.45) is -6.43. The molecule has 0 unspecified atom stereocenters. The molecule has 1 saturated carbocycles. The van der Waals surface area contributed by atoms with Gasteiger partial charge in [0.1, 0.15) is 11.5 Å². The Bertz CT molecular complexity index is 1360. The van der Waals surface area contributed by atoms with Crippen molar-refractivity contribution in [1.82, 2.24) is 5.32 Å². The van der Waals surface area contributed by atoms with Crippen LogP contribution in [-0.2, 0) is 21.5 Å². The van der Waals surface area contributed by atoms with Crippen molar-refractivity contribution in [3.8, 4) is 11.5 Å². The normalized spacial score (nSPS) is 14.3. The predicted molar refractivity (Wildman–Crippen MR) is 143 cm³/mol. The maximum Gasteiger partial charge on any atom is 0.573 e. The van der Waals surface area contributed by atoms with Crippen LogP contribution in [-0.4, -0.2) is 31.7 Å². The number of carbonyl (C=O) groups is 2. The smallest absolute Gasteiger partial charge is 0.465 e. The molecule has 0 saturated heterocycles. The van der Waals surface area contributed by atoms with Gasteiger partial charge in [-0.3, -0.25) is 4.79 Å². The molecule has 3 aromatic rings. The average molecular weight is 610 g/mol. The summed E-state index contributed by atoms with van der Waals surface area (Å²) in [5.74, 6) is -2.10. The summed E-state index contributed by atoms with van der Waals surface area (Å²) in [5, 5.41) is 2.96. The number of amides is 1. The lowest BCUT2D eigenvalue weighted by molar-refractivity contribution is -0.275. The second-order valence-corrected chi connectivity index (χ2v) is 10.3. The number of carbonyl (C=O) groups excluding carboxylic acids is 2. The molecule has 0 bridgehead atoms. The van der Waals surface area contributed by atoms with Gasteiger partial charge in [0.25, 0.3) is 0 Å². The number of hydrogen-bond donors (Lipinski definition) is 1. The molecule has 230 valence electrons. The number of halogens is 6. The Morgan fingerprint density at radius 3 is 1.77 bits per heavy atom. The first-order valence-electron chi connectivity index (χ1n) is 13.5. The summed E-state index contributed by atoms with van der Waals surface area (Å²) in [4.78, 5) is 25.5. The van der Waals surface area contributed by atoms with E-state index in [1.54, 1.807) is 12.1 Å². The van der Waals surface area contributed by atoms with Crippen molar-refractivity contribution in [2.24, 2.45) is 5.92 Å². The number of ether oxygens (including phenoxy) is 3. The molecule has 4 rings (SSSR count). The molecule has 1 aliphatic rings. The van der Waals surface area contributed by atoms with Crippen LogP contribution in [0.1, 0.15) is 59.2 Å². The Balaban J connectivity index is 1.88. The average Bonchev–Trinajstić information content (AvgIpc) is 3.44. The SMILES string of the molecule is COC(=O)c1ccc(CC(NC(=O)CC2CCCC2)(c2cccc(OC(F)(F)F)c2)c2cccc(OC(F)(F)F)c2)cc1. The highest BCUT2D eigenvalue weighted by Crippen LogP contribution is 2.39. The molecule has 0 spiro atoms. The summed E-state index contributed by atoms with van der Waals surface area (Å²) in [7, 11) is 1.22. The van der Waals surface area contributed by atoms with Crippen molar-refractivity contribution < 1.29 is 50.1 Å². The van der Waals surface area contributed by atoms with Crippen LogP contribution in [0.2, 0.25) is 0 Å². The standard InChI is InChI=1S/C31H29F6NO5/c1-41-28(40)22-14-12-21(13-15-22)19-29(38-27(39)16-20-6-2-3-7-20,23-8-4-10-25(17-23)42-30(32,33)34)24-9-5-11-26(18-24)43-31(35,36)37/h4-5,8-15,17-18,20H,2-3,6-7,16,19H2,1H3,(H,38,39). The van der Waals surface area contributed by atoms with Crippen LogP contribution >= 0.6 is 0 Å². The van der Waals surface area contributed by atoms with E-state index >= 15 is 0 Å². The summed E-state index contributed by atoms with van der Waals surface area (Å²) < 4.78 is 92.0. The van der Waals surface area contributed by atoms with Gasteiger partial charge in [-0.05, 0) is 71.8 Å². The van der Waals surface area contributed by atoms with Crippen LogP contribution in [0.15, 0.2) is 72.8 Å². The first kappa shape index (κ1) is 31.7. The monoisotopic (exact) mass is 609 g/mol. The summed E-state index contributed by atoms with van der Waals surface area (Å²) in [6, 6.07) is 15.9. The van der Waals surface area contributed by atoms with E-state index in [0.29, 0.717) is 5.56 Å². The fourth-order valence-electron chi connectivity index (χ4n) is 5.43. The Morgan fingerprint density at radius 1 is 0.791 bits per heavy atom. The maximum atomic E-state index is 13.6. The number of nitrogens with one attached hydrogen (secondary N) is 1. The van der Waals surface area contributed by atoms with E-state index in [0.717, 1.165) is 49.9 Å². The van der Waals surface area contributed by atoms with Gasteiger partial charge in [-0.2, -0.15) is 0 Å². The molecular formula is C31H29F6NO5. The van der Waals surface area contributed by atoms with Crippen LogP contribution < -0.4 is 14.8 Å². The van der Waals surface area contributed by atoms with Crippen molar-refractivity contribution in [3.63, 3.8) is 0 Å². The van der Waals surface area contributed by atoms with Gasteiger partial charge in [0.05, 0.1) is 18.2 Å². The molecule has 0 heterocycles. The summed E-state index contributed by atoms with van der Waals surface area (Å²) >= 11 is 0. The Kier molecular flexibility index (Phi) is 9.56. The third-order valence-electron chi connectivity index (χ3n) is 7.27. The van der Waals surface area contributed by atoms with Crippen LogP contribution in [0.25, 0.3) is 0 Å². The van der Waals surface area contributed by atoms with Gasteiger partial charge in [-0.1, -0.05) is 49.2 Å². The lowest BCUT2D eigenvalue weighted by atomic mass is 9.77. The third-order valence-corrected chi connectivity index (χ3v) is 7.27. The molecule has 0 aromatic heterocycles. The fraction of sp³-hybridized carbons (Fsp3) is 0.355. The molecule has 43 heavy (non-hydrogen) atoms. The first-order chi connectivity index (χ1) is 20.3. The first-order valence-corrected chi connectivity index (χ1v) is 13.5. The molecule has 12 heteroatoms. The quantitative estimate of drug-likeness (QED) is 0.191. The Hall–Kier alpha value is -4.22. The molecule has 3 aromatic carbocycles. The van der Waals surface area contributed by atoms with Gasteiger partial charge in [-0.25, -0.2) is 4.79 Å². The Morgan fingerprint density at radius 2 is 1.30 bits per heavy atom. The highest BCUT2D eigenvalue weighted by atomic mass is 19.4. The maximum absolute atomic E-state index is 13.6. The molecular weight excluding hydrogens is 580 g/mol. The fourth-order valence-corrected chi connectivity index (χ4v) is 5.43. The van der Waals surface area contributed by atoms with Gasteiger partial charge < -0.3 is 19.5 Å². The largest absolute Gasteiger partial charge is 0.573 e. The third kappa shape index (κ3) is 8.65. The van der Waals surface area contributed by atoms with Crippen LogP contribution in [0, 0.1) is 5.92 Å². The molecule has 1 aliphatic carbocycles. The minimum Gasteiger partial charge on any atom is -0.465 e. The lowest BCUT2D eigenvalue weighted by Crippen LogP contribution is -2.49. The lowest BCUT2D eigenvalue weighted by Gasteiger charge is -2.37. The van der Waals surface area contributed by atoms with Gasteiger partial charge in [0, 0.05) is 12.8 Å². The van der Waals surface area contributed by atoms with E-state index in [9.17, 15) is 35.9 Å². The van der Waals surface area contributed by atoms with Crippen molar-refractivity contribution in [2.45, 2.75) is 56.8 Å². The van der Waals surface area contributed by atoms with E-state index in [-0.39, 0.29) is 35.4 Å². The number of rotatable bonds is 10. The predicted octanol–water partition coefficient (Wildman–Crippen LogP) is 7.45. The number of hydrogen-bond acceptors (Lipinski definition) is 5. The number of alkyl halides is 6. The highest BCUT2D eigenvalue weighted by molar-refractivity contribution is 5.89. The number of methoxy groups -OCH3 is 1. The van der Waals surface area contributed by atoms with Crippen LogP contribution in [0.4, 0.5) is 26.3 Å². The van der Waals surface area contributed by atoms with E-state index in [1.165, 1.54) is 43.5 Å². The zero-order chi connectivity index (χ0) is 31.3. The zero-order valence-corrected chi connectivity index (χ0v) is 23.1. The molecule has 1 amide bonds. The minimum atomic E-state index is -5.02. The number of esters is 1. The topological polar surface area (TPSA) is 73.9 Å². The van der Waals surface area contributed by atoms with E-state index in [2.05, 4.69) is 14.8 Å². The molecule has 1 N–H and O–H groups in total. The van der Waals surface area contributed by atoms with Gasteiger partial charge in [-0.15, -0.1) is 26.3 Å². The highest BCUT2D eigenvalue weighted by Gasteiger charge is 2.39. The summed E-state index contributed by atoms with van der Waals surface area (Å²) in [5.41, 5.74) is -0.704. The summed E-state index contributed by atoms with van der Waals surface area (Å²) in [6.45, 7) is 0. The van der Waals surface area contributed by atoms with E-state index in [1.807, 2.05) is 0 Å². The second kappa shape index (κ2) is 13.0. The molecule has 1 fully saturated rings. The second-order valence-electron chi connectivity index (χ2n) is 10.3. The van der Waals surface area contributed by atoms with E-state index < -0.39 is 41.6 Å². The van der Waals surface area contributed by atoms with Crippen LogP contribution in [0.5, 0.6) is 11.5 Å². The van der Waals surface area contributed by atoms with E-state index in [4.69, 9.17) is 4.74 Å². The Labute approximate surface area is 243 Å². The minimum absolute atomic E-state index is 0.0943. The molecule has 6 nitrogen and oxygen atoms in total. The number of benzene rings is 3. The molecule has 0 aliphatic heterocycles. The molecule has 0 atom stereocenters. The van der Waals surface area contributed by atoms with Gasteiger partial charge in [0.2, 0.25) is 5.91 Å². The van der Waals surface area contributed by atoms with Gasteiger partial charge in [0.15, 0.2) is 0 Å². The molecule has 0 radical (unpaired) electrons. The van der Waals surface area contributed by atoms with Crippen LogP contribution in [0.3, 0.4) is 0 Å². The van der Waals surface area contributed by atoms with Gasteiger partial charge >= 0.3 is 18.7 Å².